The van der Waals surface area contributed by atoms with E-state index in [1.807, 2.05) is 42.5 Å². The SMILES string of the molecule is N#Cc1oc2ccc(Br)cc2c1NC(=O)C=Cc1ccccc1. The van der Waals surface area contributed by atoms with Gasteiger partial charge in [0.15, 0.2) is 0 Å². The average Bonchev–Trinajstić information content (AvgIpc) is 2.91. The molecule has 1 heterocycles. The molecule has 1 aromatic heterocycles. The van der Waals surface area contributed by atoms with Gasteiger partial charge in [-0.05, 0) is 29.8 Å². The smallest absolute Gasteiger partial charge is 0.248 e. The van der Waals surface area contributed by atoms with Crippen LogP contribution < -0.4 is 5.32 Å². The lowest BCUT2D eigenvalue weighted by Gasteiger charge is -2.00. The van der Waals surface area contributed by atoms with Crippen LogP contribution in [0, 0.1) is 11.3 Å². The summed E-state index contributed by atoms with van der Waals surface area (Å²) in [5.41, 5.74) is 1.85. The number of anilines is 1. The van der Waals surface area contributed by atoms with E-state index in [0.717, 1.165) is 10.0 Å². The molecule has 0 unspecified atom stereocenters. The zero-order valence-electron chi connectivity index (χ0n) is 11.9. The van der Waals surface area contributed by atoms with Crippen molar-refractivity contribution in [2.45, 2.75) is 0 Å². The van der Waals surface area contributed by atoms with Crippen molar-refractivity contribution in [3.05, 3.63) is 70.4 Å². The largest absolute Gasteiger partial charge is 0.443 e. The number of benzene rings is 2. The average molecular weight is 367 g/mol. The summed E-state index contributed by atoms with van der Waals surface area (Å²) in [6.07, 6.45) is 3.13. The molecule has 3 rings (SSSR count). The van der Waals surface area contributed by atoms with Gasteiger partial charge in [-0.3, -0.25) is 4.79 Å². The maximum Gasteiger partial charge on any atom is 0.248 e. The first-order valence-electron chi connectivity index (χ1n) is 6.83. The molecule has 112 valence electrons. The summed E-state index contributed by atoms with van der Waals surface area (Å²) in [5.74, 6) is -0.243. The summed E-state index contributed by atoms with van der Waals surface area (Å²) >= 11 is 3.37. The first kappa shape index (κ1) is 15.1. The van der Waals surface area contributed by atoms with Gasteiger partial charge in [-0.2, -0.15) is 5.26 Å². The highest BCUT2D eigenvalue weighted by Crippen LogP contribution is 2.32. The number of rotatable bonds is 3. The molecule has 0 aliphatic heterocycles. The predicted octanol–water partition coefficient (Wildman–Crippen LogP) is 4.72. The van der Waals surface area contributed by atoms with Gasteiger partial charge >= 0.3 is 0 Å². The van der Waals surface area contributed by atoms with Gasteiger partial charge < -0.3 is 9.73 Å². The van der Waals surface area contributed by atoms with E-state index < -0.39 is 0 Å². The summed E-state index contributed by atoms with van der Waals surface area (Å²) in [4.78, 5) is 12.1. The molecular formula is C18H11BrN2O2. The number of halogens is 1. The summed E-state index contributed by atoms with van der Waals surface area (Å²) in [7, 11) is 0. The molecule has 23 heavy (non-hydrogen) atoms. The van der Waals surface area contributed by atoms with Gasteiger partial charge in [-0.1, -0.05) is 46.3 Å². The van der Waals surface area contributed by atoms with Gasteiger partial charge in [-0.25, -0.2) is 0 Å². The molecule has 4 nitrogen and oxygen atoms in total. The maximum atomic E-state index is 12.1. The molecule has 0 atom stereocenters. The lowest BCUT2D eigenvalue weighted by atomic mass is 10.2. The van der Waals surface area contributed by atoms with Gasteiger partial charge in [0.1, 0.15) is 17.3 Å². The van der Waals surface area contributed by atoms with Gasteiger partial charge in [0, 0.05) is 15.9 Å². The molecule has 0 aliphatic carbocycles. The Hall–Kier alpha value is -2.84. The Balaban J connectivity index is 1.89. The van der Waals surface area contributed by atoms with Gasteiger partial charge in [0.05, 0.1) is 0 Å². The van der Waals surface area contributed by atoms with Crippen LogP contribution in [0.15, 0.2) is 63.5 Å². The monoisotopic (exact) mass is 366 g/mol. The van der Waals surface area contributed by atoms with E-state index in [9.17, 15) is 10.1 Å². The summed E-state index contributed by atoms with van der Waals surface area (Å²) < 4.78 is 6.28. The molecule has 0 bridgehead atoms. The Morgan fingerprint density at radius 1 is 1.22 bits per heavy atom. The molecule has 5 heteroatoms. The summed E-state index contributed by atoms with van der Waals surface area (Å²) in [6, 6.07) is 16.8. The standard InChI is InChI=1S/C18H11BrN2O2/c19-13-7-8-15-14(10-13)18(16(11-20)23-15)21-17(22)9-6-12-4-2-1-3-5-12/h1-10H,(H,21,22). The minimum Gasteiger partial charge on any atom is -0.443 e. The fraction of sp³-hybridized carbons (Fsp3) is 0. The van der Waals surface area contributed by atoms with Crippen molar-refractivity contribution >= 4 is 44.6 Å². The second-order valence-corrected chi connectivity index (χ2v) is 5.71. The highest BCUT2D eigenvalue weighted by molar-refractivity contribution is 9.10. The summed E-state index contributed by atoms with van der Waals surface area (Å²) in [5, 5.41) is 12.6. The van der Waals surface area contributed by atoms with E-state index in [1.54, 1.807) is 18.2 Å². The third kappa shape index (κ3) is 3.33. The van der Waals surface area contributed by atoms with Crippen molar-refractivity contribution < 1.29 is 9.21 Å². The lowest BCUT2D eigenvalue weighted by Crippen LogP contribution is -2.08. The molecule has 0 fully saturated rings. The number of fused-ring (bicyclic) bond motifs is 1. The molecular weight excluding hydrogens is 356 g/mol. The normalized spacial score (nSPS) is 10.8. The Labute approximate surface area is 141 Å². The topological polar surface area (TPSA) is 66.0 Å². The maximum absolute atomic E-state index is 12.1. The molecule has 0 radical (unpaired) electrons. The molecule has 3 aromatic rings. The van der Waals surface area contributed by atoms with Crippen LogP contribution in [0.4, 0.5) is 5.69 Å². The highest BCUT2D eigenvalue weighted by Gasteiger charge is 2.15. The molecule has 0 aliphatic rings. The second kappa shape index (κ2) is 6.51. The van der Waals surface area contributed by atoms with E-state index >= 15 is 0 Å². The van der Waals surface area contributed by atoms with E-state index in [2.05, 4.69) is 21.2 Å². The Bertz CT molecular complexity index is 937. The number of furan rings is 1. The predicted molar refractivity (Wildman–Crippen MR) is 92.7 cm³/mol. The van der Waals surface area contributed by atoms with Crippen LogP contribution in [-0.4, -0.2) is 5.91 Å². The first-order chi connectivity index (χ1) is 11.2. The zero-order valence-corrected chi connectivity index (χ0v) is 13.5. The second-order valence-electron chi connectivity index (χ2n) is 4.79. The molecule has 0 spiro atoms. The number of nitriles is 1. The van der Waals surface area contributed by atoms with Crippen LogP contribution >= 0.6 is 15.9 Å². The van der Waals surface area contributed by atoms with E-state index in [1.165, 1.54) is 6.08 Å². The number of carbonyl (C=O) groups is 1. The number of nitrogens with one attached hydrogen (secondary N) is 1. The van der Waals surface area contributed by atoms with Crippen molar-refractivity contribution in [3.63, 3.8) is 0 Å². The molecule has 1 N–H and O–H groups in total. The fourth-order valence-electron chi connectivity index (χ4n) is 2.17. The van der Waals surface area contributed by atoms with E-state index in [0.29, 0.717) is 16.7 Å². The number of nitrogens with zero attached hydrogens (tertiary/aromatic N) is 1. The van der Waals surface area contributed by atoms with Crippen LogP contribution in [0.25, 0.3) is 17.0 Å². The number of amides is 1. The number of carbonyl (C=O) groups excluding carboxylic acids is 1. The van der Waals surface area contributed by atoms with Crippen LogP contribution in [0.5, 0.6) is 0 Å². The van der Waals surface area contributed by atoms with E-state index in [-0.39, 0.29) is 11.7 Å². The van der Waals surface area contributed by atoms with Crippen LogP contribution in [-0.2, 0) is 4.79 Å². The molecule has 2 aromatic carbocycles. The molecule has 0 saturated heterocycles. The van der Waals surface area contributed by atoms with Crippen LogP contribution in [0.2, 0.25) is 0 Å². The van der Waals surface area contributed by atoms with Gasteiger partial charge in [-0.15, -0.1) is 0 Å². The van der Waals surface area contributed by atoms with Crippen molar-refractivity contribution in [2.24, 2.45) is 0 Å². The van der Waals surface area contributed by atoms with Crippen molar-refractivity contribution in [1.82, 2.24) is 0 Å². The fourth-order valence-corrected chi connectivity index (χ4v) is 2.53. The van der Waals surface area contributed by atoms with E-state index in [4.69, 9.17) is 4.42 Å². The Morgan fingerprint density at radius 3 is 2.74 bits per heavy atom. The Morgan fingerprint density at radius 2 is 2.00 bits per heavy atom. The number of hydrogen-bond donors (Lipinski definition) is 1. The zero-order chi connectivity index (χ0) is 16.2. The minimum absolute atomic E-state index is 0.0829. The van der Waals surface area contributed by atoms with Crippen LogP contribution in [0.3, 0.4) is 0 Å². The third-order valence-corrected chi connectivity index (χ3v) is 3.72. The Kier molecular flexibility index (Phi) is 4.26. The number of hydrogen-bond acceptors (Lipinski definition) is 3. The quantitative estimate of drug-likeness (QED) is 0.682. The van der Waals surface area contributed by atoms with Gasteiger partial charge in [0.25, 0.3) is 0 Å². The molecule has 0 saturated carbocycles. The lowest BCUT2D eigenvalue weighted by molar-refractivity contribution is -0.111. The van der Waals surface area contributed by atoms with Crippen molar-refractivity contribution in [3.8, 4) is 6.07 Å². The summed E-state index contributed by atoms with van der Waals surface area (Å²) in [6.45, 7) is 0. The third-order valence-electron chi connectivity index (χ3n) is 3.23. The van der Waals surface area contributed by atoms with Crippen molar-refractivity contribution in [2.75, 3.05) is 5.32 Å². The van der Waals surface area contributed by atoms with Crippen LogP contribution in [0.1, 0.15) is 11.3 Å². The van der Waals surface area contributed by atoms with Crippen molar-refractivity contribution in [1.29, 1.82) is 5.26 Å². The first-order valence-corrected chi connectivity index (χ1v) is 7.63. The molecule has 1 amide bonds. The minimum atomic E-state index is -0.326. The van der Waals surface area contributed by atoms with Gasteiger partial charge in [0.2, 0.25) is 11.7 Å². The highest BCUT2D eigenvalue weighted by atomic mass is 79.9.